The maximum Gasteiger partial charge on any atom is 0.417 e. The van der Waals surface area contributed by atoms with Crippen LogP contribution in [0.25, 0.3) is 0 Å². The molecule has 1 saturated heterocycles. The van der Waals surface area contributed by atoms with Crippen molar-refractivity contribution in [3.05, 3.63) is 34.3 Å². The summed E-state index contributed by atoms with van der Waals surface area (Å²) in [7, 11) is 0. The van der Waals surface area contributed by atoms with E-state index in [0.717, 1.165) is 6.07 Å². The Morgan fingerprint density at radius 2 is 2.11 bits per heavy atom. The third-order valence-electron chi connectivity index (χ3n) is 4.88. The van der Waals surface area contributed by atoms with Gasteiger partial charge in [0.05, 0.1) is 28.3 Å². The van der Waals surface area contributed by atoms with Crippen molar-refractivity contribution in [2.45, 2.75) is 30.7 Å². The molecule has 3 N–H and O–H groups in total. The van der Waals surface area contributed by atoms with Crippen molar-refractivity contribution < 1.29 is 18.0 Å². The fraction of sp³-hybridized carbons (Fsp3) is 0.529. The smallest absolute Gasteiger partial charge is 0.354 e. The molecule has 1 aliphatic carbocycles. The number of nitrogens with zero attached hydrogens (tertiary/aromatic N) is 1. The minimum atomic E-state index is -4.55. The molecule has 3 rings (SSSR count). The van der Waals surface area contributed by atoms with Gasteiger partial charge in [0.2, 0.25) is 5.91 Å². The Balaban J connectivity index is 1.60. The maximum atomic E-state index is 13.0. The molecule has 1 saturated carbocycles. The third kappa shape index (κ3) is 4.32. The molecule has 2 aliphatic rings. The van der Waals surface area contributed by atoms with E-state index < -0.39 is 28.8 Å². The number of hydrogen-bond acceptors (Lipinski definition) is 4. The van der Waals surface area contributed by atoms with Crippen LogP contribution in [0.1, 0.15) is 30.1 Å². The predicted octanol–water partition coefficient (Wildman–Crippen LogP) is 3.15. The molecule has 5 nitrogen and oxygen atoms in total. The summed E-state index contributed by atoms with van der Waals surface area (Å²) in [6.45, 7) is 0.646. The van der Waals surface area contributed by atoms with Gasteiger partial charge in [0, 0.05) is 19.0 Å². The number of amides is 1. The first kappa shape index (κ1) is 20.2. The van der Waals surface area contributed by atoms with Crippen LogP contribution in [-0.2, 0) is 11.0 Å². The lowest BCUT2D eigenvalue weighted by atomic mass is 10.0. The first-order chi connectivity index (χ1) is 12.7. The molecule has 3 unspecified atom stereocenters. The van der Waals surface area contributed by atoms with Crippen molar-refractivity contribution in [2.24, 2.45) is 11.3 Å². The van der Waals surface area contributed by atoms with Gasteiger partial charge in [0.25, 0.3) is 0 Å². The lowest BCUT2D eigenvalue weighted by Crippen LogP contribution is -2.54. The molecule has 0 radical (unpaired) electrons. The Morgan fingerprint density at radius 3 is 2.67 bits per heavy atom. The zero-order valence-electron chi connectivity index (χ0n) is 14.0. The molecule has 1 aromatic rings. The fourth-order valence-electron chi connectivity index (χ4n) is 2.96. The molecule has 0 aromatic heterocycles. The summed E-state index contributed by atoms with van der Waals surface area (Å²) < 4.78 is 39.1. The zero-order chi connectivity index (χ0) is 19.8. The second-order valence-corrected chi connectivity index (χ2v) is 7.69. The van der Waals surface area contributed by atoms with E-state index in [-0.39, 0.29) is 23.4 Å². The molecule has 0 bridgehead atoms. The van der Waals surface area contributed by atoms with Crippen molar-refractivity contribution >= 4 is 29.1 Å². The van der Waals surface area contributed by atoms with E-state index in [1.165, 1.54) is 12.1 Å². The number of carbonyl (C=O) groups is 1. The number of benzene rings is 1. The molecule has 1 aromatic carbocycles. The quantitative estimate of drug-likeness (QED) is 0.516. The van der Waals surface area contributed by atoms with Gasteiger partial charge in [-0.05, 0) is 30.5 Å². The van der Waals surface area contributed by atoms with Crippen molar-refractivity contribution in [2.75, 3.05) is 13.1 Å². The maximum absolute atomic E-state index is 13.0. The second kappa shape index (κ2) is 7.47. The largest absolute Gasteiger partial charge is 0.417 e. The van der Waals surface area contributed by atoms with Gasteiger partial charge in [0.15, 0.2) is 0 Å². The number of rotatable bonds is 4. The molecule has 3 atom stereocenters. The minimum Gasteiger partial charge on any atom is -0.354 e. The lowest BCUT2D eigenvalue weighted by Gasteiger charge is -2.36. The lowest BCUT2D eigenvalue weighted by molar-refractivity contribution is -0.137. The van der Waals surface area contributed by atoms with Crippen LogP contribution in [0.3, 0.4) is 0 Å². The minimum absolute atomic E-state index is 0.184. The molecule has 27 heavy (non-hydrogen) atoms. The topological polar surface area (TPSA) is 77.0 Å². The number of nitriles is 1. The van der Waals surface area contributed by atoms with Gasteiger partial charge in [-0.15, -0.1) is 11.6 Å². The van der Waals surface area contributed by atoms with Crippen LogP contribution in [0.5, 0.6) is 0 Å². The van der Waals surface area contributed by atoms with Crippen molar-refractivity contribution in [3.63, 3.8) is 0 Å². The Bertz CT molecular complexity index is 776. The first-order valence-electron chi connectivity index (χ1n) is 8.36. The van der Waals surface area contributed by atoms with E-state index in [0.29, 0.717) is 24.9 Å². The van der Waals surface area contributed by atoms with Gasteiger partial charge in [-0.3, -0.25) is 15.4 Å². The summed E-state index contributed by atoms with van der Waals surface area (Å²) >= 11 is 12.0. The molecule has 1 amide bonds. The second-order valence-electron chi connectivity index (χ2n) is 6.81. The van der Waals surface area contributed by atoms with E-state index >= 15 is 0 Å². The third-order valence-corrected chi connectivity index (χ3v) is 5.69. The van der Waals surface area contributed by atoms with Gasteiger partial charge in [-0.25, -0.2) is 0 Å². The Labute approximate surface area is 164 Å². The molecule has 1 aliphatic heterocycles. The van der Waals surface area contributed by atoms with Crippen LogP contribution in [-0.4, -0.2) is 24.5 Å². The summed E-state index contributed by atoms with van der Waals surface area (Å²) in [5.41, 5.74) is -2.02. The van der Waals surface area contributed by atoms with Crippen molar-refractivity contribution in [1.29, 1.82) is 5.26 Å². The SMILES string of the molecule is N#CC1(C(=O)NCC2CNC(c3ccc(Cl)c(C(F)(F)F)c3)NC2Cl)CC1. The molecule has 2 fully saturated rings. The van der Waals surface area contributed by atoms with E-state index in [2.05, 4.69) is 16.0 Å². The Morgan fingerprint density at radius 1 is 1.41 bits per heavy atom. The summed E-state index contributed by atoms with van der Waals surface area (Å²) in [5, 5.41) is 17.5. The normalized spacial score (nSPS) is 26.9. The van der Waals surface area contributed by atoms with Crippen molar-refractivity contribution in [1.82, 2.24) is 16.0 Å². The van der Waals surface area contributed by atoms with E-state index in [1.54, 1.807) is 0 Å². The van der Waals surface area contributed by atoms with Gasteiger partial charge < -0.3 is 5.32 Å². The number of alkyl halides is 4. The summed E-state index contributed by atoms with van der Waals surface area (Å²) in [6, 6.07) is 5.71. The standard InChI is InChI=1S/C17H17Cl2F3N4O/c18-12-2-1-9(5-11(12)17(20,21)22)14-24-6-10(13(19)26-14)7-25-15(27)16(8-23)3-4-16/h1-2,5,10,13-14,24,26H,3-4,6-7H2,(H,25,27). The van der Waals surface area contributed by atoms with E-state index in [4.69, 9.17) is 28.5 Å². The monoisotopic (exact) mass is 420 g/mol. The molecule has 0 spiro atoms. The van der Waals surface area contributed by atoms with Gasteiger partial charge >= 0.3 is 6.18 Å². The van der Waals surface area contributed by atoms with Crippen LogP contribution in [0.2, 0.25) is 5.02 Å². The Kier molecular flexibility index (Phi) is 5.59. The van der Waals surface area contributed by atoms with Gasteiger partial charge in [0.1, 0.15) is 5.41 Å². The zero-order valence-corrected chi connectivity index (χ0v) is 15.5. The summed E-state index contributed by atoms with van der Waals surface area (Å²) in [5.74, 6) is -0.487. The van der Waals surface area contributed by atoms with Crippen LogP contribution in [0, 0.1) is 22.7 Å². The first-order valence-corrected chi connectivity index (χ1v) is 9.17. The Hall–Kier alpha value is -1.53. The number of halogens is 5. The highest BCUT2D eigenvalue weighted by atomic mass is 35.5. The highest BCUT2D eigenvalue weighted by Crippen LogP contribution is 2.45. The summed E-state index contributed by atoms with van der Waals surface area (Å²) in [4.78, 5) is 12.0. The molecular weight excluding hydrogens is 404 g/mol. The molecule has 146 valence electrons. The molecular formula is C17H17Cl2F3N4O. The van der Waals surface area contributed by atoms with Gasteiger partial charge in [-0.2, -0.15) is 18.4 Å². The van der Waals surface area contributed by atoms with E-state index in [9.17, 15) is 18.0 Å². The van der Waals surface area contributed by atoms with Crippen LogP contribution in [0.4, 0.5) is 13.2 Å². The van der Waals surface area contributed by atoms with Crippen molar-refractivity contribution in [3.8, 4) is 6.07 Å². The highest BCUT2D eigenvalue weighted by Gasteiger charge is 2.50. The molecule has 1 heterocycles. The highest BCUT2D eigenvalue weighted by molar-refractivity contribution is 6.31. The number of nitrogens with one attached hydrogen (secondary N) is 3. The van der Waals surface area contributed by atoms with Crippen LogP contribution in [0.15, 0.2) is 18.2 Å². The van der Waals surface area contributed by atoms with Gasteiger partial charge in [-0.1, -0.05) is 17.7 Å². The number of hydrogen-bond donors (Lipinski definition) is 3. The van der Waals surface area contributed by atoms with E-state index in [1.807, 2.05) is 6.07 Å². The fourth-order valence-corrected chi connectivity index (χ4v) is 3.49. The predicted molar refractivity (Wildman–Crippen MR) is 93.8 cm³/mol. The summed E-state index contributed by atoms with van der Waals surface area (Å²) in [6.07, 6.45) is -4.01. The van der Waals surface area contributed by atoms with Crippen LogP contribution < -0.4 is 16.0 Å². The number of carbonyl (C=O) groups excluding carboxylic acids is 1. The average molecular weight is 421 g/mol. The average Bonchev–Trinajstić information content (AvgIpc) is 3.41. The van der Waals surface area contributed by atoms with Crippen LogP contribution >= 0.6 is 23.2 Å². The molecule has 10 heteroatoms.